The number of thioether (sulfide) groups is 1. The minimum atomic E-state index is -1.15. The van der Waals surface area contributed by atoms with Gasteiger partial charge in [0.05, 0.1) is 6.04 Å². The number of rotatable bonds is 14. The molecule has 0 aromatic heterocycles. The molecule has 0 bridgehead atoms. The van der Waals surface area contributed by atoms with Crippen molar-refractivity contribution in [2.24, 2.45) is 17.6 Å². The molecule has 0 saturated heterocycles. The zero-order chi connectivity index (χ0) is 23.4. The minimum Gasteiger partial charge on any atom is -0.480 e. The molecule has 0 spiro atoms. The van der Waals surface area contributed by atoms with Crippen LogP contribution < -0.4 is 21.7 Å². The number of carbonyl (C=O) groups excluding carboxylic acids is 3. The SMILES string of the molecule is CSCCC(NC(=O)C(CS)NC(=O)C(NC(=O)C(N)CC(C)C)C(C)C)C(=O)O. The Morgan fingerprint density at radius 2 is 1.53 bits per heavy atom. The summed E-state index contributed by atoms with van der Waals surface area (Å²) < 4.78 is 0. The van der Waals surface area contributed by atoms with E-state index in [1.165, 1.54) is 11.8 Å². The quantitative estimate of drug-likeness (QED) is 0.202. The summed E-state index contributed by atoms with van der Waals surface area (Å²) in [6, 6.07) is -3.73. The van der Waals surface area contributed by atoms with Gasteiger partial charge in [-0.15, -0.1) is 0 Å². The number of aliphatic carboxylic acids is 1. The van der Waals surface area contributed by atoms with Crippen LogP contribution >= 0.6 is 24.4 Å². The van der Waals surface area contributed by atoms with Crippen LogP contribution in [0.2, 0.25) is 0 Å². The van der Waals surface area contributed by atoms with Gasteiger partial charge in [0.25, 0.3) is 0 Å². The summed E-state index contributed by atoms with van der Waals surface area (Å²) >= 11 is 5.57. The number of carboxylic acid groups (broad SMARTS) is 1. The van der Waals surface area contributed by atoms with Crippen LogP contribution in [0.15, 0.2) is 0 Å². The molecule has 11 heteroatoms. The number of hydrogen-bond acceptors (Lipinski definition) is 7. The van der Waals surface area contributed by atoms with Crippen LogP contribution in [-0.4, -0.2) is 70.7 Å². The number of nitrogens with one attached hydrogen (secondary N) is 3. The molecule has 0 aromatic carbocycles. The second-order valence-electron chi connectivity index (χ2n) is 7.89. The minimum absolute atomic E-state index is 0.0297. The number of carboxylic acids is 1. The van der Waals surface area contributed by atoms with Crippen molar-refractivity contribution in [3.8, 4) is 0 Å². The van der Waals surface area contributed by atoms with Crippen LogP contribution in [0.25, 0.3) is 0 Å². The first-order valence-electron chi connectivity index (χ1n) is 9.93. The Morgan fingerprint density at radius 3 is 1.97 bits per heavy atom. The molecule has 30 heavy (non-hydrogen) atoms. The summed E-state index contributed by atoms with van der Waals surface area (Å²) in [5.74, 6) is -2.27. The molecule has 0 radical (unpaired) electrons. The molecule has 3 amide bonds. The zero-order valence-electron chi connectivity index (χ0n) is 18.3. The maximum atomic E-state index is 12.7. The van der Waals surface area contributed by atoms with E-state index in [0.717, 1.165) is 0 Å². The monoisotopic (exact) mass is 464 g/mol. The maximum absolute atomic E-state index is 12.7. The first kappa shape index (κ1) is 28.5. The molecule has 4 atom stereocenters. The Morgan fingerprint density at radius 1 is 0.967 bits per heavy atom. The summed E-state index contributed by atoms with van der Waals surface area (Å²) in [4.78, 5) is 48.9. The van der Waals surface area contributed by atoms with Crippen molar-refractivity contribution < 1.29 is 24.3 Å². The third kappa shape index (κ3) is 10.5. The van der Waals surface area contributed by atoms with Crippen LogP contribution in [0.3, 0.4) is 0 Å². The van der Waals surface area contributed by atoms with Gasteiger partial charge in [0.15, 0.2) is 0 Å². The lowest BCUT2D eigenvalue weighted by atomic mass is 10.00. The second kappa shape index (κ2) is 14.5. The molecule has 0 rings (SSSR count). The molecule has 0 aliphatic rings. The molecule has 0 aliphatic carbocycles. The normalized spacial score (nSPS) is 15.2. The summed E-state index contributed by atoms with van der Waals surface area (Å²) in [7, 11) is 0. The van der Waals surface area contributed by atoms with E-state index in [1.54, 1.807) is 13.8 Å². The van der Waals surface area contributed by atoms with Gasteiger partial charge in [0, 0.05) is 5.75 Å². The van der Waals surface area contributed by atoms with E-state index in [9.17, 15) is 24.3 Å². The van der Waals surface area contributed by atoms with Crippen LogP contribution in [0, 0.1) is 11.8 Å². The molecule has 0 heterocycles. The Bertz CT molecular complexity index is 589. The van der Waals surface area contributed by atoms with Crippen LogP contribution in [0.5, 0.6) is 0 Å². The van der Waals surface area contributed by atoms with Gasteiger partial charge in [-0.25, -0.2) is 4.79 Å². The van der Waals surface area contributed by atoms with Gasteiger partial charge >= 0.3 is 5.97 Å². The fraction of sp³-hybridized carbons (Fsp3) is 0.789. The van der Waals surface area contributed by atoms with Gasteiger partial charge in [-0.1, -0.05) is 27.7 Å². The lowest BCUT2D eigenvalue weighted by Crippen LogP contribution is -2.59. The highest BCUT2D eigenvalue weighted by Crippen LogP contribution is 2.07. The van der Waals surface area contributed by atoms with E-state index in [2.05, 4.69) is 28.6 Å². The highest BCUT2D eigenvalue weighted by atomic mass is 32.2. The van der Waals surface area contributed by atoms with Gasteiger partial charge in [0.2, 0.25) is 17.7 Å². The second-order valence-corrected chi connectivity index (χ2v) is 9.24. The maximum Gasteiger partial charge on any atom is 0.326 e. The number of nitrogens with two attached hydrogens (primary N) is 1. The van der Waals surface area contributed by atoms with Crippen LogP contribution in [0.1, 0.15) is 40.5 Å². The van der Waals surface area contributed by atoms with Gasteiger partial charge in [-0.3, -0.25) is 14.4 Å². The molecule has 9 nitrogen and oxygen atoms in total. The van der Waals surface area contributed by atoms with Crippen molar-refractivity contribution in [1.82, 2.24) is 16.0 Å². The Hall–Kier alpha value is -1.46. The predicted molar refractivity (Wildman–Crippen MR) is 123 cm³/mol. The summed E-state index contributed by atoms with van der Waals surface area (Å²) in [5.41, 5.74) is 5.89. The predicted octanol–water partition coefficient (Wildman–Crippen LogP) is 0.238. The summed E-state index contributed by atoms with van der Waals surface area (Å²) in [6.07, 6.45) is 2.57. The van der Waals surface area contributed by atoms with E-state index in [1.807, 2.05) is 20.1 Å². The molecule has 4 unspecified atom stereocenters. The van der Waals surface area contributed by atoms with E-state index < -0.39 is 47.9 Å². The van der Waals surface area contributed by atoms with Crippen molar-refractivity contribution in [3.63, 3.8) is 0 Å². The average Bonchev–Trinajstić information content (AvgIpc) is 2.65. The molecule has 0 fully saturated rings. The zero-order valence-corrected chi connectivity index (χ0v) is 20.0. The van der Waals surface area contributed by atoms with Crippen molar-refractivity contribution >= 4 is 48.1 Å². The lowest BCUT2D eigenvalue weighted by molar-refractivity contribution is -0.142. The molecule has 174 valence electrons. The molecular formula is C19H36N4O5S2. The average molecular weight is 465 g/mol. The summed E-state index contributed by atoms with van der Waals surface area (Å²) in [6.45, 7) is 7.41. The van der Waals surface area contributed by atoms with Gasteiger partial charge in [-0.05, 0) is 36.7 Å². The molecule has 6 N–H and O–H groups in total. The molecule has 0 saturated carbocycles. The van der Waals surface area contributed by atoms with Crippen molar-refractivity contribution in [1.29, 1.82) is 0 Å². The van der Waals surface area contributed by atoms with E-state index in [0.29, 0.717) is 12.2 Å². The van der Waals surface area contributed by atoms with Crippen LogP contribution in [-0.2, 0) is 19.2 Å². The fourth-order valence-electron chi connectivity index (χ4n) is 2.63. The largest absolute Gasteiger partial charge is 0.480 e. The number of thiol groups is 1. The third-order valence-corrected chi connectivity index (χ3v) is 5.36. The Kier molecular flexibility index (Phi) is 13.8. The topological polar surface area (TPSA) is 151 Å². The smallest absolute Gasteiger partial charge is 0.326 e. The van der Waals surface area contributed by atoms with Crippen molar-refractivity contribution in [2.45, 2.75) is 64.7 Å². The van der Waals surface area contributed by atoms with Crippen molar-refractivity contribution in [2.75, 3.05) is 17.8 Å². The third-order valence-electron chi connectivity index (χ3n) is 4.35. The van der Waals surface area contributed by atoms with Gasteiger partial charge in [-0.2, -0.15) is 24.4 Å². The van der Waals surface area contributed by atoms with E-state index in [-0.39, 0.29) is 24.0 Å². The van der Waals surface area contributed by atoms with E-state index in [4.69, 9.17) is 5.73 Å². The highest BCUT2D eigenvalue weighted by Gasteiger charge is 2.31. The molecular weight excluding hydrogens is 428 g/mol. The first-order valence-corrected chi connectivity index (χ1v) is 12.0. The number of hydrogen-bond donors (Lipinski definition) is 6. The fourth-order valence-corrected chi connectivity index (χ4v) is 3.36. The molecule has 0 aromatic rings. The van der Waals surface area contributed by atoms with Gasteiger partial charge in [0.1, 0.15) is 18.1 Å². The summed E-state index contributed by atoms with van der Waals surface area (Å²) in [5, 5.41) is 16.9. The van der Waals surface area contributed by atoms with E-state index >= 15 is 0 Å². The lowest BCUT2D eigenvalue weighted by Gasteiger charge is -2.26. The Labute approximate surface area is 188 Å². The van der Waals surface area contributed by atoms with Crippen molar-refractivity contribution in [3.05, 3.63) is 0 Å². The first-order chi connectivity index (χ1) is 13.9. The molecule has 0 aliphatic heterocycles. The number of carbonyl (C=O) groups is 4. The number of amides is 3. The highest BCUT2D eigenvalue weighted by molar-refractivity contribution is 7.98. The van der Waals surface area contributed by atoms with Gasteiger partial charge < -0.3 is 26.8 Å². The Balaban J connectivity index is 5.11. The van der Waals surface area contributed by atoms with Crippen LogP contribution in [0.4, 0.5) is 0 Å². The standard InChI is InChI=1S/C19H36N4O5S2/c1-10(2)8-12(20)16(24)23-15(11(3)4)18(26)22-14(9-29)17(25)21-13(19(27)28)6-7-30-5/h10-15,29H,6-9,20H2,1-5H3,(H,21,25)(H,22,26)(H,23,24)(H,27,28).